The van der Waals surface area contributed by atoms with Gasteiger partial charge < -0.3 is 9.64 Å². The van der Waals surface area contributed by atoms with Crippen molar-refractivity contribution in [3.63, 3.8) is 0 Å². The van der Waals surface area contributed by atoms with Crippen LogP contribution in [0.5, 0.6) is 0 Å². The van der Waals surface area contributed by atoms with Crippen LogP contribution in [0.15, 0.2) is 20.2 Å². The van der Waals surface area contributed by atoms with Crippen LogP contribution in [0, 0.1) is 0 Å². The summed E-state index contributed by atoms with van der Waals surface area (Å²) in [6.07, 6.45) is 2.48. The lowest BCUT2D eigenvalue weighted by Crippen LogP contribution is -2.57. The average Bonchev–Trinajstić information content (AvgIpc) is 2.88. The maximum atomic E-state index is 13.1. The molecule has 10 heteroatoms. The molecule has 2 bridgehead atoms. The van der Waals surface area contributed by atoms with Crippen LogP contribution in [0.1, 0.15) is 40.0 Å². The first-order chi connectivity index (χ1) is 15.1. The van der Waals surface area contributed by atoms with Crippen LogP contribution >= 0.6 is 39.3 Å². The molecule has 2 atom stereocenters. The van der Waals surface area contributed by atoms with Gasteiger partial charge in [-0.1, -0.05) is 11.6 Å². The molecular weight excluding hydrogens is 516 g/mol. The molecule has 3 aliphatic heterocycles. The zero-order valence-electron chi connectivity index (χ0n) is 18.4. The van der Waals surface area contributed by atoms with E-state index in [1.807, 2.05) is 31.7 Å². The predicted molar refractivity (Wildman–Crippen MR) is 131 cm³/mol. The van der Waals surface area contributed by atoms with E-state index in [0.29, 0.717) is 30.5 Å². The fourth-order valence-electron chi connectivity index (χ4n) is 5.00. The van der Waals surface area contributed by atoms with Gasteiger partial charge in [-0.15, -0.1) is 11.8 Å². The summed E-state index contributed by atoms with van der Waals surface area (Å²) in [5.41, 5.74) is 0.147. The molecule has 3 aliphatic rings. The maximum Gasteiger partial charge on any atom is 0.410 e. The number of fused-ring (bicyclic) bond motifs is 2. The van der Waals surface area contributed by atoms with Gasteiger partial charge in [0.05, 0.1) is 27.1 Å². The number of amides is 1. The number of aromatic nitrogens is 2. The molecule has 0 radical (unpaired) electrons. The topological polar surface area (TPSA) is 67.7 Å². The third kappa shape index (κ3) is 3.80. The Balaban J connectivity index is 1.55. The first-order valence-electron chi connectivity index (χ1n) is 11.0. The molecule has 4 heterocycles. The van der Waals surface area contributed by atoms with E-state index in [1.165, 1.54) is 0 Å². The summed E-state index contributed by atoms with van der Waals surface area (Å²) in [6, 6.07) is 1.99. The SMILES string of the molecule is CC(C)(C)OC(=O)N1C2CCC1CN(c1nc(=O)n3c4c(c(Br)c(Cl)cc14)SCCC3)C2. The summed E-state index contributed by atoms with van der Waals surface area (Å²) in [7, 11) is 0. The summed E-state index contributed by atoms with van der Waals surface area (Å²) in [5.74, 6) is 1.59. The largest absolute Gasteiger partial charge is 0.444 e. The second-order valence-electron chi connectivity index (χ2n) is 9.65. The molecule has 0 aliphatic carbocycles. The van der Waals surface area contributed by atoms with Crippen molar-refractivity contribution in [3.05, 3.63) is 26.0 Å². The highest BCUT2D eigenvalue weighted by Crippen LogP contribution is 2.44. The van der Waals surface area contributed by atoms with Gasteiger partial charge in [-0.2, -0.15) is 4.98 Å². The van der Waals surface area contributed by atoms with Gasteiger partial charge in [-0.25, -0.2) is 9.59 Å². The Bertz CT molecular complexity index is 1150. The highest BCUT2D eigenvalue weighted by molar-refractivity contribution is 9.10. The van der Waals surface area contributed by atoms with Crippen molar-refractivity contribution in [2.45, 2.75) is 69.2 Å². The number of thioether (sulfide) groups is 1. The van der Waals surface area contributed by atoms with Crippen molar-refractivity contribution in [2.24, 2.45) is 0 Å². The summed E-state index contributed by atoms with van der Waals surface area (Å²) in [6.45, 7) is 7.55. The normalized spacial score (nSPS) is 22.9. The third-order valence-electron chi connectivity index (χ3n) is 6.25. The van der Waals surface area contributed by atoms with E-state index in [4.69, 9.17) is 16.3 Å². The van der Waals surface area contributed by atoms with Crippen LogP contribution in [-0.4, -0.2) is 57.1 Å². The molecule has 1 aromatic heterocycles. The maximum absolute atomic E-state index is 13.1. The number of anilines is 1. The van der Waals surface area contributed by atoms with E-state index in [9.17, 15) is 9.59 Å². The van der Waals surface area contributed by atoms with E-state index < -0.39 is 5.60 Å². The average molecular weight is 542 g/mol. The number of piperazine rings is 1. The quantitative estimate of drug-likeness (QED) is 0.512. The lowest BCUT2D eigenvalue weighted by Gasteiger charge is -2.42. The van der Waals surface area contributed by atoms with Crippen molar-refractivity contribution < 1.29 is 9.53 Å². The van der Waals surface area contributed by atoms with Crippen molar-refractivity contribution >= 4 is 62.1 Å². The van der Waals surface area contributed by atoms with E-state index in [0.717, 1.165) is 45.3 Å². The van der Waals surface area contributed by atoms with Crippen molar-refractivity contribution in [1.29, 1.82) is 0 Å². The molecule has 1 amide bonds. The molecule has 2 unspecified atom stereocenters. The lowest BCUT2D eigenvalue weighted by atomic mass is 10.1. The number of ether oxygens (including phenoxy) is 1. The number of hydrogen-bond acceptors (Lipinski definition) is 6. The van der Waals surface area contributed by atoms with Crippen LogP contribution in [0.2, 0.25) is 5.02 Å². The molecule has 2 aromatic rings. The minimum absolute atomic E-state index is 0.0401. The second-order valence-corrected chi connectivity index (χ2v) is 12.0. The van der Waals surface area contributed by atoms with Crippen molar-refractivity contribution in [3.8, 4) is 0 Å². The highest BCUT2D eigenvalue weighted by Gasteiger charge is 2.45. The Hall–Kier alpha value is -1.45. The third-order valence-corrected chi connectivity index (χ3v) is 9.04. The minimum atomic E-state index is -0.527. The van der Waals surface area contributed by atoms with Gasteiger partial charge in [-0.05, 0) is 67.8 Å². The van der Waals surface area contributed by atoms with E-state index >= 15 is 0 Å². The number of halogens is 2. The van der Waals surface area contributed by atoms with E-state index in [1.54, 1.807) is 16.3 Å². The van der Waals surface area contributed by atoms with Crippen LogP contribution in [-0.2, 0) is 11.3 Å². The number of nitrogens with zero attached hydrogens (tertiary/aromatic N) is 4. The van der Waals surface area contributed by atoms with E-state index in [-0.39, 0.29) is 23.9 Å². The molecule has 5 rings (SSSR count). The molecule has 172 valence electrons. The number of hydrogen-bond donors (Lipinski definition) is 0. The van der Waals surface area contributed by atoms with Gasteiger partial charge in [0.15, 0.2) is 0 Å². The molecule has 2 saturated heterocycles. The number of rotatable bonds is 1. The van der Waals surface area contributed by atoms with Crippen LogP contribution in [0.3, 0.4) is 0 Å². The van der Waals surface area contributed by atoms with Crippen LogP contribution in [0.25, 0.3) is 10.9 Å². The predicted octanol–water partition coefficient (Wildman–Crippen LogP) is 4.90. The van der Waals surface area contributed by atoms with E-state index in [2.05, 4.69) is 25.8 Å². The number of carbonyl (C=O) groups is 1. The van der Waals surface area contributed by atoms with Crippen LogP contribution < -0.4 is 10.6 Å². The van der Waals surface area contributed by atoms with Crippen LogP contribution in [0.4, 0.5) is 10.6 Å². The Morgan fingerprint density at radius 1 is 1.28 bits per heavy atom. The van der Waals surface area contributed by atoms with Gasteiger partial charge in [0.25, 0.3) is 0 Å². The molecule has 0 spiro atoms. The summed E-state index contributed by atoms with van der Waals surface area (Å²) < 4.78 is 8.27. The van der Waals surface area contributed by atoms with Gasteiger partial charge in [0.2, 0.25) is 0 Å². The molecule has 0 saturated carbocycles. The monoisotopic (exact) mass is 540 g/mol. The van der Waals surface area contributed by atoms with Gasteiger partial charge in [0, 0.05) is 29.9 Å². The molecule has 2 fully saturated rings. The smallest absolute Gasteiger partial charge is 0.410 e. The lowest BCUT2D eigenvalue weighted by molar-refractivity contribution is 0.0123. The zero-order chi connectivity index (χ0) is 22.8. The minimum Gasteiger partial charge on any atom is -0.444 e. The van der Waals surface area contributed by atoms with Crippen molar-refractivity contribution in [1.82, 2.24) is 14.5 Å². The van der Waals surface area contributed by atoms with Crippen molar-refractivity contribution in [2.75, 3.05) is 23.7 Å². The molecule has 0 N–H and O–H groups in total. The molecule has 1 aromatic carbocycles. The number of aryl methyl sites for hydroxylation is 1. The number of carbonyl (C=O) groups excluding carboxylic acids is 1. The standard InChI is InChI=1S/C22H26BrClN4O3S/c1-22(2,3)31-21(30)28-12-5-6-13(28)11-26(10-12)19-14-9-15(24)16(23)18-17(14)27(20(29)25-19)7-4-8-32-18/h9,12-13H,4-8,10-11H2,1-3H3. The Morgan fingerprint density at radius 2 is 1.97 bits per heavy atom. The zero-order valence-corrected chi connectivity index (χ0v) is 21.5. The Labute approximate surface area is 204 Å². The fraction of sp³-hybridized carbons (Fsp3) is 0.591. The Kier molecular flexibility index (Phi) is 5.65. The summed E-state index contributed by atoms with van der Waals surface area (Å²) in [4.78, 5) is 35.5. The van der Waals surface area contributed by atoms with Gasteiger partial charge in [-0.3, -0.25) is 9.47 Å². The first kappa shape index (κ1) is 22.3. The summed E-state index contributed by atoms with van der Waals surface area (Å²) in [5, 5.41) is 1.51. The molecule has 32 heavy (non-hydrogen) atoms. The Morgan fingerprint density at radius 3 is 2.62 bits per heavy atom. The molecular formula is C22H26BrClN4O3S. The first-order valence-corrected chi connectivity index (χ1v) is 13.1. The molecule has 7 nitrogen and oxygen atoms in total. The second kappa shape index (κ2) is 8.09. The highest BCUT2D eigenvalue weighted by atomic mass is 79.9. The summed E-state index contributed by atoms with van der Waals surface area (Å²) >= 11 is 11.9. The van der Waals surface area contributed by atoms with Gasteiger partial charge >= 0.3 is 11.8 Å². The number of benzene rings is 1. The fourth-order valence-corrected chi connectivity index (χ4v) is 6.98. The van der Waals surface area contributed by atoms with Gasteiger partial charge in [0.1, 0.15) is 11.4 Å².